The van der Waals surface area contributed by atoms with Gasteiger partial charge in [-0.05, 0) is 63.0 Å². The predicted molar refractivity (Wildman–Crippen MR) is 88.7 cm³/mol. The molecule has 0 saturated carbocycles. The highest BCUT2D eigenvalue weighted by molar-refractivity contribution is 6.31. The van der Waals surface area contributed by atoms with Gasteiger partial charge in [0.2, 0.25) is 0 Å². The summed E-state index contributed by atoms with van der Waals surface area (Å²) >= 11 is 6.14. The van der Waals surface area contributed by atoms with Gasteiger partial charge >= 0.3 is 0 Å². The predicted octanol–water partition coefficient (Wildman–Crippen LogP) is 6.11. The van der Waals surface area contributed by atoms with Gasteiger partial charge in [-0.15, -0.1) is 0 Å². The molecule has 4 aromatic carbocycles. The van der Waals surface area contributed by atoms with E-state index in [2.05, 4.69) is 55.5 Å². The van der Waals surface area contributed by atoms with Gasteiger partial charge in [-0.1, -0.05) is 54.1 Å². The van der Waals surface area contributed by atoms with Crippen LogP contribution in [-0.2, 0) is 0 Å². The first kappa shape index (κ1) is 11.7. The number of benzene rings is 4. The van der Waals surface area contributed by atoms with Gasteiger partial charge in [-0.3, -0.25) is 0 Å². The topological polar surface area (TPSA) is 0 Å². The molecular weight excluding hydrogens is 264 g/mol. The van der Waals surface area contributed by atoms with E-state index >= 15 is 0 Å². The lowest BCUT2D eigenvalue weighted by Crippen LogP contribution is -1.85. The lowest BCUT2D eigenvalue weighted by atomic mass is 9.94. The standard InChI is InChI=1S/C19H13Cl/c1-12-16-9-7-15(20)10-14(16)11-19-17(12)8-6-13-4-2-3-5-18(13)19/h2-11H,1H3. The second-order valence-corrected chi connectivity index (χ2v) is 5.69. The molecule has 0 amide bonds. The molecular formula is C19H13Cl. The van der Waals surface area contributed by atoms with Gasteiger partial charge in [0.25, 0.3) is 0 Å². The third-order valence-corrected chi connectivity index (χ3v) is 4.33. The van der Waals surface area contributed by atoms with Gasteiger partial charge in [0, 0.05) is 5.02 Å². The van der Waals surface area contributed by atoms with Crippen LogP contribution in [0.3, 0.4) is 0 Å². The Hall–Kier alpha value is -2.05. The van der Waals surface area contributed by atoms with Gasteiger partial charge in [0.15, 0.2) is 0 Å². The minimum absolute atomic E-state index is 0.788. The van der Waals surface area contributed by atoms with E-state index in [1.807, 2.05) is 12.1 Å². The van der Waals surface area contributed by atoms with Crippen LogP contribution in [0.5, 0.6) is 0 Å². The van der Waals surface area contributed by atoms with Gasteiger partial charge in [0.05, 0.1) is 0 Å². The second-order valence-electron chi connectivity index (χ2n) is 5.25. The van der Waals surface area contributed by atoms with Crippen LogP contribution in [-0.4, -0.2) is 0 Å². The zero-order valence-electron chi connectivity index (χ0n) is 11.2. The normalized spacial score (nSPS) is 11.5. The van der Waals surface area contributed by atoms with E-state index in [1.54, 1.807) is 0 Å². The minimum Gasteiger partial charge on any atom is -0.0843 e. The Kier molecular flexibility index (Phi) is 2.48. The van der Waals surface area contributed by atoms with E-state index in [4.69, 9.17) is 11.6 Å². The smallest absolute Gasteiger partial charge is 0.0412 e. The van der Waals surface area contributed by atoms with Crippen LogP contribution in [0, 0.1) is 6.92 Å². The summed E-state index contributed by atoms with van der Waals surface area (Å²) in [5.41, 5.74) is 1.32. The number of hydrogen-bond acceptors (Lipinski definition) is 0. The van der Waals surface area contributed by atoms with Crippen LogP contribution >= 0.6 is 11.6 Å². The molecule has 0 saturated heterocycles. The van der Waals surface area contributed by atoms with E-state index in [1.165, 1.54) is 37.9 Å². The van der Waals surface area contributed by atoms with Crippen molar-refractivity contribution in [2.75, 3.05) is 0 Å². The lowest BCUT2D eigenvalue weighted by molar-refractivity contribution is 1.59. The second kappa shape index (κ2) is 4.22. The number of fused-ring (bicyclic) bond motifs is 4. The highest BCUT2D eigenvalue weighted by Crippen LogP contribution is 2.33. The monoisotopic (exact) mass is 276 g/mol. The highest BCUT2D eigenvalue weighted by atomic mass is 35.5. The van der Waals surface area contributed by atoms with Gasteiger partial charge in [-0.2, -0.15) is 0 Å². The van der Waals surface area contributed by atoms with E-state index < -0.39 is 0 Å². The van der Waals surface area contributed by atoms with Crippen molar-refractivity contribution in [3.8, 4) is 0 Å². The van der Waals surface area contributed by atoms with Crippen LogP contribution in [0.2, 0.25) is 5.02 Å². The Balaban J connectivity index is 2.29. The SMILES string of the molecule is Cc1c2ccc(Cl)cc2cc2c1ccc1ccccc12. The fraction of sp³-hybridized carbons (Fsp3) is 0.0526. The molecule has 0 fully saturated rings. The molecule has 0 spiro atoms. The zero-order valence-corrected chi connectivity index (χ0v) is 11.9. The van der Waals surface area contributed by atoms with E-state index in [9.17, 15) is 0 Å². The molecule has 0 nitrogen and oxygen atoms in total. The maximum Gasteiger partial charge on any atom is 0.0412 e. The van der Waals surface area contributed by atoms with Crippen LogP contribution in [0.15, 0.2) is 60.7 Å². The van der Waals surface area contributed by atoms with Crippen LogP contribution in [0.25, 0.3) is 32.3 Å². The Morgan fingerprint density at radius 1 is 0.650 bits per heavy atom. The maximum atomic E-state index is 6.14. The Morgan fingerprint density at radius 2 is 1.45 bits per heavy atom. The van der Waals surface area contributed by atoms with Gasteiger partial charge < -0.3 is 0 Å². The summed E-state index contributed by atoms with van der Waals surface area (Å²) in [7, 11) is 0. The highest BCUT2D eigenvalue weighted by Gasteiger charge is 2.07. The van der Waals surface area contributed by atoms with Crippen molar-refractivity contribution in [3.63, 3.8) is 0 Å². The van der Waals surface area contributed by atoms with Gasteiger partial charge in [0.1, 0.15) is 0 Å². The Labute approximate surface area is 122 Å². The molecule has 4 rings (SSSR count). The van der Waals surface area contributed by atoms with Gasteiger partial charge in [-0.25, -0.2) is 0 Å². The summed E-state index contributed by atoms with van der Waals surface area (Å²) in [6.07, 6.45) is 0. The molecule has 0 bridgehead atoms. The number of halogens is 1. The molecule has 0 N–H and O–H groups in total. The van der Waals surface area contributed by atoms with Crippen molar-refractivity contribution in [2.24, 2.45) is 0 Å². The van der Waals surface area contributed by atoms with Crippen LogP contribution in [0.4, 0.5) is 0 Å². The molecule has 4 aromatic rings. The first-order valence-corrected chi connectivity index (χ1v) is 7.12. The Bertz CT molecular complexity index is 967. The molecule has 0 aliphatic rings. The molecule has 1 heteroatoms. The molecule has 0 aliphatic heterocycles. The van der Waals surface area contributed by atoms with Crippen molar-refractivity contribution < 1.29 is 0 Å². The maximum absolute atomic E-state index is 6.14. The van der Waals surface area contributed by atoms with E-state index in [0.29, 0.717) is 0 Å². The zero-order chi connectivity index (χ0) is 13.7. The van der Waals surface area contributed by atoms with Crippen LogP contribution < -0.4 is 0 Å². The first-order chi connectivity index (χ1) is 9.74. The molecule has 20 heavy (non-hydrogen) atoms. The summed E-state index contributed by atoms with van der Waals surface area (Å²) < 4.78 is 0. The van der Waals surface area contributed by atoms with Crippen molar-refractivity contribution >= 4 is 43.9 Å². The number of rotatable bonds is 0. The first-order valence-electron chi connectivity index (χ1n) is 6.74. The summed E-state index contributed by atoms with van der Waals surface area (Å²) in [6.45, 7) is 2.19. The summed E-state index contributed by atoms with van der Waals surface area (Å²) in [5, 5.41) is 8.47. The quantitative estimate of drug-likeness (QED) is 0.268. The molecule has 0 unspecified atom stereocenters. The summed E-state index contributed by atoms with van der Waals surface area (Å²) in [5.74, 6) is 0. The lowest BCUT2D eigenvalue weighted by Gasteiger charge is -2.10. The Morgan fingerprint density at radius 3 is 2.35 bits per heavy atom. The summed E-state index contributed by atoms with van der Waals surface area (Å²) in [4.78, 5) is 0. The molecule has 0 atom stereocenters. The van der Waals surface area contributed by atoms with Crippen molar-refractivity contribution in [1.82, 2.24) is 0 Å². The van der Waals surface area contributed by atoms with E-state index in [0.717, 1.165) is 5.02 Å². The van der Waals surface area contributed by atoms with Crippen molar-refractivity contribution in [3.05, 3.63) is 71.2 Å². The van der Waals surface area contributed by atoms with Crippen LogP contribution in [0.1, 0.15) is 5.56 Å². The molecule has 0 radical (unpaired) electrons. The third-order valence-electron chi connectivity index (χ3n) is 4.09. The minimum atomic E-state index is 0.788. The van der Waals surface area contributed by atoms with E-state index in [-0.39, 0.29) is 0 Å². The largest absolute Gasteiger partial charge is 0.0843 e. The molecule has 0 heterocycles. The molecule has 96 valence electrons. The number of hydrogen-bond donors (Lipinski definition) is 0. The van der Waals surface area contributed by atoms with Crippen molar-refractivity contribution in [2.45, 2.75) is 6.92 Å². The molecule has 0 aromatic heterocycles. The summed E-state index contributed by atoms with van der Waals surface area (Å²) in [6, 6.07) is 21.3. The fourth-order valence-electron chi connectivity index (χ4n) is 3.07. The average Bonchev–Trinajstić information content (AvgIpc) is 2.47. The molecule has 0 aliphatic carbocycles. The third kappa shape index (κ3) is 1.62. The fourth-order valence-corrected chi connectivity index (χ4v) is 3.25. The van der Waals surface area contributed by atoms with Crippen molar-refractivity contribution in [1.29, 1.82) is 0 Å². The number of aryl methyl sites for hydroxylation is 1. The average molecular weight is 277 g/mol.